The molecule has 13 nitrogen and oxygen atoms in total. The number of anilines is 1. The quantitative estimate of drug-likeness (QED) is 0.226. The average molecular weight is 584 g/mol. The highest BCUT2D eigenvalue weighted by atomic mass is 35.5. The standard InChI is InChI=1S/C27H26ClN5O8/c1-27(15-39-25(35)37-14-17-7-9-30-20(34)11-17)19(40-26(36)38-13-16-5-3-2-4-6-16)12-21(41-27)33-10-8-18-22(29)31-24(28)32-23(18)33/h2-11,19,21H,12-15H2,1H3,(H,30,34)(H2,29,31,32)/t19-,21+,27+/m0/s1. The van der Waals surface area contributed by atoms with Gasteiger partial charge in [0.2, 0.25) is 10.8 Å². The Labute approximate surface area is 238 Å². The van der Waals surface area contributed by atoms with Crippen molar-refractivity contribution in [1.29, 1.82) is 0 Å². The summed E-state index contributed by atoms with van der Waals surface area (Å²) in [6.45, 7) is 1.14. The fourth-order valence-electron chi connectivity index (χ4n) is 4.43. The van der Waals surface area contributed by atoms with Crippen molar-refractivity contribution in [1.82, 2.24) is 19.5 Å². The Bertz CT molecular complexity index is 1610. The van der Waals surface area contributed by atoms with Crippen molar-refractivity contribution in [3.63, 3.8) is 0 Å². The highest BCUT2D eigenvalue weighted by molar-refractivity contribution is 6.28. The molecule has 0 aliphatic carbocycles. The molecule has 0 saturated carbocycles. The van der Waals surface area contributed by atoms with Crippen LogP contribution in [0.25, 0.3) is 11.0 Å². The molecular weight excluding hydrogens is 558 g/mol. The molecule has 3 N–H and O–H groups in total. The number of hydrogen-bond acceptors (Lipinski definition) is 11. The molecule has 4 heterocycles. The number of halogens is 1. The number of aromatic amines is 1. The maximum Gasteiger partial charge on any atom is 0.508 e. The molecule has 0 radical (unpaired) electrons. The molecule has 3 atom stereocenters. The van der Waals surface area contributed by atoms with Gasteiger partial charge in [-0.25, -0.2) is 14.6 Å². The van der Waals surface area contributed by atoms with E-state index in [1.807, 2.05) is 30.3 Å². The monoisotopic (exact) mass is 583 g/mol. The lowest BCUT2D eigenvalue weighted by Crippen LogP contribution is -2.44. The third-order valence-electron chi connectivity index (χ3n) is 6.50. The van der Waals surface area contributed by atoms with Gasteiger partial charge in [-0.2, -0.15) is 4.98 Å². The van der Waals surface area contributed by atoms with Gasteiger partial charge in [0, 0.05) is 24.9 Å². The normalized spacial score (nSPS) is 20.0. The molecule has 1 aliphatic rings. The molecule has 3 aromatic heterocycles. The number of carbonyl (C=O) groups is 2. The van der Waals surface area contributed by atoms with Crippen LogP contribution in [0.4, 0.5) is 15.4 Å². The van der Waals surface area contributed by atoms with E-state index in [2.05, 4.69) is 15.0 Å². The van der Waals surface area contributed by atoms with Crippen molar-refractivity contribution >= 4 is 40.8 Å². The van der Waals surface area contributed by atoms with Crippen LogP contribution < -0.4 is 11.3 Å². The minimum absolute atomic E-state index is 0.00940. The second-order valence-electron chi connectivity index (χ2n) is 9.48. The molecule has 5 rings (SSSR count). The third kappa shape index (κ3) is 6.58. The summed E-state index contributed by atoms with van der Waals surface area (Å²) in [6, 6.07) is 13.7. The van der Waals surface area contributed by atoms with E-state index in [4.69, 9.17) is 41.0 Å². The van der Waals surface area contributed by atoms with E-state index >= 15 is 0 Å². The lowest BCUT2D eigenvalue weighted by Gasteiger charge is -2.29. The predicted molar refractivity (Wildman–Crippen MR) is 145 cm³/mol. The summed E-state index contributed by atoms with van der Waals surface area (Å²) in [7, 11) is 0. The van der Waals surface area contributed by atoms with Crippen molar-refractivity contribution in [3.8, 4) is 0 Å². The lowest BCUT2D eigenvalue weighted by atomic mass is 10.00. The van der Waals surface area contributed by atoms with Crippen LogP contribution in [0.5, 0.6) is 0 Å². The minimum Gasteiger partial charge on any atom is -0.431 e. The summed E-state index contributed by atoms with van der Waals surface area (Å²) in [5.74, 6) is 0.197. The zero-order valence-electron chi connectivity index (χ0n) is 21.8. The number of nitrogens with zero attached hydrogens (tertiary/aromatic N) is 3. The summed E-state index contributed by atoms with van der Waals surface area (Å²) in [5.41, 5.74) is 6.04. The van der Waals surface area contributed by atoms with Crippen LogP contribution >= 0.6 is 11.6 Å². The van der Waals surface area contributed by atoms with Crippen LogP contribution in [0.3, 0.4) is 0 Å². The fraction of sp³-hybridized carbons (Fsp3) is 0.296. The Morgan fingerprint density at radius 2 is 1.85 bits per heavy atom. The number of carbonyl (C=O) groups excluding carboxylic acids is 2. The van der Waals surface area contributed by atoms with Crippen LogP contribution in [0.1, 0.15) is 30.7 Å². The number of pyridine rings is 1. The average Bonchev–Trinajstić information content (AvgIpc) is 3.51. The highest BCUT2D eigenvalue weighted by Gasteiger charge is 2.50. The molecule has 1 saturated heterocycles. The SMILES string of the molecule is C[C@]1(COC(=O)OCc2cc[nH]c(=O)c2)O[C@@H](n2ccc3c(N)nc(Cl)nc32)C[C@@H]1OC(=O)OCc1ccccc1. The van der Waals surface area contributed by atoms with E-state index in [1.54, 1.807) is 29.8 Å². The first-order valence-corrected chi connectivity index (χ1v) is 12.9. The van der Waals surface area contributed by atoms with E-state index in [9.17, 15) is 14.4 Å². The minimum atomic E-state index is -1.31. The van der Waals surface area contributed by atoms with Gasteiger partial charge >= 0.3 is 12.3 Å². The zero-order valence-corrected chi connectivity index (χ0v) is 22.6. The summed E-state index contributed by atoms with van der Waals surface area (Å²) in [6.07, 6.45) is -0.220. The summed E-state index contributed by atoms with van der Waals surface area (Å²) < 4.78 is 29.4. The molecule has 0 unspecified atom stereocenters. The number of rotatable bonds is 8. The number of benzene rings is 1. The van der Waals surface area contributed by atoms with Crippen LogP contribution in [-0.2, 0) is 36.9 Å². The van der Waals surface area contributed by atoms with Crippen molar-refractivity contribution in [2.75, 3.05) is 12.3 Å². The van der Waals surface area contributed by atoms with Gasteiger partial charge in [0.25, 0.3) is 0 Å². The third-order valence-corrected chi connectivity index (χ3v) is 6.67. The fourth-order valence-corrected chi connectivity index (χ4v) is 4.60. The summed E-state index contributed by atoms with van der Waals surface area (Å²) in [4.78, 5) is 47.2. The van der Waals surface area contributed by atoms with Gasteiger partial charge in [-0.15, -0.1) is 0 Å². The van der Waals surface area contributed by atoms with Gasteiger partial charge in [-0.05, 0) is 41.8 Å². The molecule has 1 aliphatic heterocycles. The first kappa shape index (κ1) is 27.9. The first-order chi connectivity index (χ1) is 19.7. The molecule has 14 heteroatoms. The molecule has 4 aromatic rings. The Hall–Kier alpha value is -4.62. The van der Waals surface area contributed by atoms with Crippen molar-refractivity contribution < 1.29 is 33.3 Å². The zero-order chi connectivity index (χ0) is 29.0. The highest BCUT2D eigenvalue weighted by Crippen LogP contribution is 2.41. The van der Waals surface area contributed by atoms with E-state index in [0.717, 1.165) is 5.56 Å². The molecule has 0 bridgehead atoms. The number of nitrogens with one attached hydrogen (secondary N) is 1. The molecule has 0 spiro atoms. The maximum atomic E-state index is 12.7. The Morgan fingerprint density at radius 3 is 2.63 bits per heavy atom. The molecule has 214 valence electrons. The number of fused-ring (bicyclic) bond motifs is 1. The van der Waals surface area contributed by atoms with E-state index < -0.39 is 30.2 Å². The number of nitrogens with two attached hydrogens (primary N) is 1. The number of H-pyrrole nitrogens is 1. The van der Waals surface area contributed by atoms with E-state index in [-0.39, 0.29) is 42.9 Å². The second kappa shape index (κ2) is 11.9. The van der Waals surface area contributed by atoms with Gasteiger partial charge in [0.15, 0.2) is 0 Å². The smallest absolute Gasteiger partial charge is 0.431 e. The Kier molecular flexibility index (Phi) is 8.08. The summed E-state index contributed by atoms with van der Waals surface area (Å²) in [5, 5.41) is 0.519. The van der Waals surface area contributed by atoms with Crippen molar-refractivity contribution in [2.24, 2.45) is 0 Å². The van der Waals surface area contributed by atoms with Gasteiger partial charge in [0.1, 0.15) is 49.2 Å². The topological polar surface area (TPSA) is 170 Å². The largest absolute Gasteiger partial charge is 0.508 e. The Balaban J connectivity index is 1.30. The lowest BCUT2D eigenvalue weighted by molar-refractivity contribution is -0.128. The first-order valence-electron chi connectivity index (χ1n) is 12.5. The van der Waals surface area contributed by atoms with E-state index in [0.29, 0.717) is 16.6 Å². The van der Waals surface area contributed by atoms with E-state index in [1.165, 1.54) is 12.3 Å². The van der Waals surface area contributed by atoms with Gasteiger partial charge in [0.05, 0.1) is 5.39 Å². The second-order valence-corrected chi connectivity index (χ2v) is 9.82. The molecule has 1 fully saturated rings. The number of nitrogen functional groups attached to an aromatic ring is 1. The maximum absolute atomic E-state index is 12.7. The number of hydrogen-bond donors (Lipinski definition) is 2. The van der Waals surface area contributed by atoms with Crippen LogP contribution in [0, 0.1) is 0 Å². The Morgan fingerprint density at radius 1 is 1.10 bits per heavy atom. The van der Waals surface area contributed by atoms with Crippen LogP contribution in [0.15, 0.2) is 65.7 Å². The molecular formula is C27H26ClN5O8. The van der Waals surface area contributed by atoms with Gasteiger partial charge in [-0.3, -0.25) is 4.79 Å². The number of ether oxygens (including phenoxy) is 5. The molecule has 41 heavy (non-hydrogen) atoms. The predicted octanol–water partition coefficient (Wildman–Crippen LogP) is 4.11. The van der Waals surface area contributed by atoms with Gasteiger partial charge in [-0.1, -0.05) is 30.3 Å². The molecule has 1 aromatic carbocycles. The van der Waals surface area contributed by atoms with Gasteiger partial charge < -0.3 is 39.0 Å². The summed E-state index contributed by atoms with van der Waals surface area (Å²) >= 11 is 6.03. The van der Waals surface area contributed by atoms with Crippen molar-refractivity contribution in [3.05, 3.63) is 87.7 Å². The number of aromatic nitrogens is 4. The van der Waals surface area contributed by atoms with Crippen LogP contribution in [0.2, 0.25) is 5.28 Å². The van der Waals surface area contributed by atoms with Crippen molar-refractivity contribution in [2.45, 2.75) is 44.5 Å². The van der Waals surface area contributed by atoms with Crippen LogP contribution in [-0.4, -0.2) is 50.1 Å². The molecule has 0 amide bonds.